The van der Waals surface area contributed by atoms with Gasteiger partial charge in [-0.05, 0) is 32.0 Å². The van der Waals surface area contributed by atoms with Crippen molar-refractivity contribution in [1.29, 1.82) is 0 Å². The fourth-order valence-electron chi connectivity index (χ4n) is 1.61. The molecule has 1 aromatic carbocycles. The molecule has 6 heteroatoms. The van der Waals surface area contributed by atoms with Crippen LogP contribution in [-0.4, -0.2) is 32.7 Å². The molecule has 0 aliphatic rings. The van der Waals surface area contributed by atoms with E-state index in [0.29, 0.717) is 30.4 Å². The molecule has 0 unspecified atom stereocenters. The van der Waals surface area contributed by atoms with Crippen LogP contribution in [0.3, 0.4) is 0 Å². The van der Waals surface area contributed by atoms with Crippen LogP contribution in [0.4, 0.5) is 5.69 Å². The average molecular weight is 317 g/mol. The van der Waals surface area contributed by atoms with Gasteiger partial charge in [0.1, 0.15) is 0 Å². The number of carbonyl (C=O) groups is 1. The first kappa shape index (κ1) is 19.5. The maximum absolute atomic E-state index is 11.5. The largest absolute Gasteiger partial charge is 0.490 e. The summed E-state index contributed by atoms with van der Waals surface area (Å²) in [6.45, 7) is 5.65. The minimum atomic E-state index is -0.0869. The first-order valence-corrected chi connectivity index (χ1v) is 7.05. The maximum atomic E-state index is 11.5. The molecule has 0 atom stereocenters. The van der Waals surface area contributed by atoms with Gasteiger partial charge < -0.3 is 20.1 Å². The van der Waals surface area contributed by atoms with Gasteiger partial charge in [-0.15, -0.1) is 12.4 Å². The minimum absolute atomic E-state index is 0. The molecule has 1 rings (SSSR count). The van der Waals surface area contributed by atoms with Gasteiger partial charge in [0, 0.05) is 11.8 Å². The summed E-state index contributed by atoms with van der Waals surface area (Å²) in [5, 5.41) is 5.61. The summed E-state index contributed by atoms with van der Waals surface area (Å²) in [5.74, 6) is 1.30. The quantitative estimate of drug-likeness (QED) is 0.735. The lowest BCUT2D eigenvalue weighted by atomic mass is 10.2. The van der Waals surface area contributed by atoms with Crippen LogP contribution in [0.5, 0.6) is 11.5 Å². The molecule has 0 aliphatic heterocycles. The highest BCUT2D eigenvalue weighted by molar-refractivity contribution is 5.92. The molecule has 5 nitrogen and oxygen atoms in total. The molecule has 2 N–H and O–H groups in total. The second kappa shape index (κ2) is 11.2. The Kier molecular flexibility index (Phi) is 10.4. The van der Waals surface area contributed by atoms with Gasteiger partial charge in [0.05, 0.1) is 19.8 Å². The van der Waals surface area contributed by atoms with Crippen molar-refractivity contribution in [1.82, 2.24) is 5.32 Å². The lowest BCUT2D eigenvalue weighted by Crippen LogP contribution is -2.25. The van der Waals surface area contributed by atoms with Crippen LogP contribution in [-0.2, 0) is 4.79 Å². The zero-order valence-electron chi connectivity index (χ0n) is 12.9. The van der Waals surface area contributed by atoms with E-state index in [1.807, 2.05) is 19.1 Å². The van der Waals surface area contributed by atoms with E-state index in [1.54, 1.807) is 13.1 Å². The summed E-state index contributed by atoms with van der Waals surface area (Å²) < 4.78 is 11.3. The summed E-state index contributed by atoms with van der Waals surface area (Å²) in [5.41, 5.74) is 0.709. The molecule has 0 saturated carbocycles. The van der Waals surface area contributed by atoms with Gasteiger partial charge in [-0.2, -0.15) is 0 Å². The van der Waals surface area contributed by atoms with Gasteiger partial charge in [-0.3, -0.25) is 4.79 Å². The summed E-state index contributed by atoms with van der Waals surface area (Å²) in [6, 6.07) is 5.45. The molecular formula is C15H25ClN2O3. The Bertz CT molecular complexity index is 427. The number of ether oxygens (including phenoxy) is 2. The molecule has 0 saturated heterocycles. The van der Waals surface area contributed by atoms with Crippen molar-refractivity contribution >= 4 is 24.0 Å². The Morgan fingerprint density at radius 3 is 2.29 bits per heavy atom. The number of carbonyl (C=O) groups excluding carboxylic acids is 1. The highest BCUT2D eigenvalue weighted by Crippen LogP contribution is 2.30. The third-order valence-electron chi connectivity index (χ3n) is 2.49. The molecular weight excluding hydrogens is 292 g/mol. The van der Waals surface area contributed by atoms with Gasteiger partial charge >= 0.3 is 0 Å². The topological polar surface area (TPSA) is 59.6 Å². The van der Waals surface area contributed by atoms with Crippen LogP contribution >= 0.6 is 12.4 Å². The number of rotatable bonds is 9. The summed E-state index contributed by atoms with van der Waals surface area (Å²) >= 11 is 0. The number of hydrogen-bond acceptors (Lipinski definition) is 4. The monoisotopic (exact) mass is 316 g/mol. The highest BCUT2D eigenvalue weighted by Gasteiger charge is 2.08. The second-order valence-corrected chi connectivity index (χ2v) is 4.44. The number of nitrogens with one attached hydrogen (secondary N) is 2. The van der Waals surface area contributed by atoms with Crippen LogP contribution in [0.25, 0.3) is 0 Å². The van der Waals surface area contributed by atoms with Gasteiger partial charge in [-0.1, -0.05) is 13.8 Å². The average Bonchev–Trinajstić information content (AvgIpc) is 2.44. The third kappa shape index (κ3) is 7.20. The Morgan fingerprint density at radius 1 is 1.10 bits per heavy atom. The first-order valence-electron chi connectivity index (χ1n) is 7.05. The normalized spacial score (nSPS) is 9.67. The van der Waals surface area contributed by atoms with Gasteiger partial charge in [0.2, 0.25) is 5.91 Å². The molecule has 0 fully saturated rings. The number of halogens is 1. The van der Waals surface area contributed by atoms with Crippen molar-refractivity contribution in [2.24, 2.45) is 0 Å². The molecule has 0 spiro atoms. The van der Waals surface area contributed by atoms with Gasteiger partial charge in [0.15, 0.2) is 11.5 Å². The van der Waals surface area contributed by atoms with Crippen molar-refractivity contribution in [3.05, 3.63) is 18.2 Å². The molecule has 0 radical (unpaired) electrons. The standard InChI is InChI=1S/C15H24N2O3.ClH/c1-4-8-19-13-7-6-12(17-15(18)11-16-3)10-14(13)20-9-5-2;/h6-7,10,16H,4-5,8-9,11H2,1-3H3,(H,17,18);1H. The summed E-state index contributed by atoms with van der Waals surface area (Å²) in [4.78, 5) is 11.5. The molecule has 0 bridgehead atoms. The minimum Gasteiger partial charge on any atom is -0.490 e. The molecule has 0 aliphatic carbocycles. The van der Waals surface area contributed by atoms with E-state index in [4.69, 9.17) is 9.47 Å². The zero-order valence-corrected chi connectivity index (χ0v) is 13.7. The van der Waals surface area contributed by atoms with Crippen molar-refractivity contribution in [2.75, 3.05) is 32.1 Å². The number of amides is 1. The number of benzene rings is 1. The van der Waals surface area contributed by atoms with E-state index in [2.05, 4.69) is 17.6 Å². The van der Waals surface area contributed by atoms with Crippen molar-refractivity contribution in [2.45, 2.75) is 26.7 Å². The fraction of sp³-hybridized carbons (Fsp3) is 0.533. The van der Waals surface area contributed by atoms with Gasteiger partial charge in [0.25, 0.3) is 0 Å². The molecule has 0 aromatic heterocycles. The van der Waals surface area contributed by atoms with E-state index in [-0.39, 0.29) is 24.9 Å². The van der Waals surface area contributed by atoms with Crippen LogP contribution < -0.4 is 20.1 Å². The lowest BCUT2D eigenvalue weighted by Gasteiger charge is -2.14. The molecule has 21 heavy (non-hydrogen) atoms. The predicted octanol–water partition coefficient (Wildman–Crippen LogP) is 2.84. The Balaban J connectivity index is 0.00000400. The van der Waals surface area contributed by atoms with Crippen LogP contribution in [0, 0.1) is 0 Å². The van der Waals surface area contributed by atoms with Crippen LogP contribution in [0.15, 0.2) is 18.2 Å². The van der Waals surface area contributed by atoms with Crippen molar-refractivity contribution < 1.29 is 14.3 Å². The number of likely N-dealkylation sites (N-methyl/N-ethyl adjacent to an activating group) is 1. The predicted molar refractivity (Wildman–Crippen MR) is 87.8 cm³/mol. The fourth-order valence-corrected chi connectivity index (χ4v) is 1.61. The molecule has 120 valence electrons. The van der Waals surface area contributed by atoms with E-state index < -0.39 is 0 Å². The number of anilines is 1. The first-order chi connectivity index (χ1) is 9.71. The van der Waals surface area contributed by atoms with E-state index in [0.717, 1.165) is 12.8 Å². The van der Waals surface area contributed by atoms with E-state index >= 15 is 0 Å². The molecule has 0 heterocycles. The SMILES string of the molecule is CCCOc1ccc(NC(=O)CNC)cc1OCCC.Cl. The van der Waals surface area contributed by atoms with Crippen LogP contribution in [0.2, 0.25) is 0 Å². The summed E-state index contributed by atoms with van der Waals surface area (Å²) in [6.07, 6.45) is 1.86. The number of hydrogen-bond donors (Lipinski definition) is 2. The van der Waals surface area contributed by atoms with Gasteiger partial charge in [-0.25, -0.2) is 0 Å². The Morgan fingerprint density at radius 2 is 1.71 bits per heavy atom. The third-order valence-corrected chi connectivity index (χ3v) is 2.49. The van der Waals surface area contributed by atoms with Crippen molar-refractivity contribution in [3.63, 3.8) is 0 Å². The van der Waals surface area contributed by atoms with Crippen LogP contribution in [0.1, 0.15) is 26.7 Å². The smallest absolute Gasteiger partial charge is 0.238 e. The Hall–Kier alpha value is -1.46. The van der Waals surface area contributed by atoms with E-state index in [1.165, 1.54) is 0 Å². The summed E-state index contributed by atoms with van der Waals surface area (Å²) in [7, 11) is 1.73. The Labute approximate surface area is 132 Å². The van der Waals surface area contributed by atoms with E-state index in [9.17, 15) is 4.79 Å². The highest BCUT2D eigenvalue weighted by atomic mass is 35.5. The van der Waals surface area contributed by atoms with Crippen molar-refractivity contribution in [3.8, 4) is 11.5 Å². The maximum Gasteiger partial charge on any atom is 0.238 e. The molecule has 1 amide bonds. The molecule has 1 aromatic rings. The lowest BCUT2D eigenvalue weighted by molar-refractivity contribution is -0.115. The second-order valence-electron chi connectivity index (χ2n) is 4.44. The zero-order chi connectivity index (χ0) is 14.8.